The molecule has 0 saturated carbocycles. The van der Waals surface area contributed by atoms with Crippen LogP contribution in [0.3, 0.4) is 0 Å². The smallest absolute Gasteiger partial charge is 0.413 e. The van der Waals surface area contributed by atoms with E-state index < -0.39 is 16.1 Å². The van der Waals surface area contributed by atoms with Crippen LogP contribution in [0.15, 0.2) is 52.0 Å². The number of hydrogen-bond acceptors (Lipinski definition) is 5. The molecule has 1 aliphatic rings. The molecule has 1 aromatic carbocycles. The average Bonchev–Trinajstić information content (AvgIpc) is 3.18. The van der Waals surface area contributed by atoms with Crippen LogP contribution in [-0.4, -0.2) is 36.9 Å². The Hall–Kier alpha value is -1.97. The molecule has 7 nitrogen and oxygen atoms in total. The second-order valence-electron chi connectivity index (χ2n) is 5.80. The lowest BCUT2D eigenvalue weighted by molar-refractivity contribution is 0.155. The first-order valence-corrected chi connectivity index (χ1v) is 10.3. The van der Waals surface area contributed by atoms with Crippen molar-refractivity contribution >= 4 is 37.9 Å². The van der Waals surface area contributed by atoms with E-state index in [1.807, 2.05) is 30.3 Å². The number of carbonyl (C=O) groups excluding carboxylic acids is 1. The van der Waals surface area contributed by atoms with Crippen molar-refractivity contribution in [1.29, 1.82) is 0 Å². The zero-order valence-corrected chi connectivity index (χ0v) is 16.3. The molecule has 0 aliphatic carbocycles. The van der Waals surface area contributed by atoms with Gasteiger partial charge in [-0.05, 0) is 40.4 Å². The number of halogens is 1. The standard InChI is InChI=1S/C17H18BrN3O4S/c18-14-10-15(26(23,24)21-8-4-5-9-21)16(19-11-14)20-17(22)25-12-13-6-2-1-3-7-13/h1-3,6-7,10-11H,4-5,8-9,12H2,(H,19,20,22). The Morgan fingerprint density at radius 2 is 1.92 bits per heavy atom. The van der Waals surface area contributed by atoms with E-state index in [0.717, 1.165) is 18.4 Å². The number of rotatable bonds is 5. The van der Waals surface area contributed by atoms with Crippen molar-refractivity contribution in [2.75, 3.05) is 18.4 Å². The fraction of sp³-hybridized carbons (Fsp3) is 0.294. The van der Waals surface area contributed by atoms with Crippen molar-refractivity contribution in [3.05, 3.63) is 52.6 Å². The van der Waals surface area contributed by atoms with Crippen molar-refractivity contribution in [3.63, 3.8) is 0 Å². The van der Waals surface area contributed by atoms with E-state index in [0.29, 0.717) is 17.6 Å². The van der Waals surface area contributed by atoms with Crippen LogP contribution in [0.4, 0.5) is 10.6 Å². The summed E-state index contributed by atoms with van der Waals surface area (Å²) in [5.41, 5.74) is 0.830. The Balaban J connectivity index is 1.76. The Bertz CT molecular complexity index is 884. The van der Waals surface area contributed by atoms with Crippen LogP contribution >= 0.6 is 15.9 Å². The van der Waals surface area contributed by atoms with Gasteiger partial charge < -0.3 is 4.74 Å². The van der Waals surface area contributed by atoms with Crippen LogP contribution in [0, 0.1) is 0 Å². The third kappa shape index (κ3) is 4.40. The number of carbonyl (C=O) groups is 1. The van der Waals surface area contributed by atoms with Gasteiger partial charge in [0.15, 0.2) is 5.82 Å². The van der Waals surface area contributed by atoms with Crippen LogP contribution in [0.1, 0.15) is 18.4 Å². The van der Waals surface area contributed by atoms with Crippen molar-refractivity contribution in [2.24, 2.45) is 0 Å². The summed E-state index contributed by atoms with van der Waals surface area (Å²) in [7, 11) is -3.73. The summed E-state index contributed by atoms with van der Waals surface area (Å²) >= 11 is 3.24. The second-order valence-corrected chi connectivity index (χ2v) is 8.62. The number of ether oxygens (including phenoxy) is 1. The zero-order valence-electron chi connectivity index (χ0n) is 13.9. The molecule has 0 atom stereocenters. The Morgan fingerprint density at radius 1 is 1.23 bits per heavy atom. The maximum atomic E-state index is 12.8. The van der Waals surface area contributed by atoms with Crippen LogP contribution in [0.2, 0.25) is 0 Å². The molecule has 1 saturated heterocycles. The predicted octanol–water partition coefficient (Wildman–Crippen LogP) is 3.38. The number of nitrogens with one attached hydrogen (secondary N) is 1. The lowest BCUT2D eigenvalue weighted by Crippen LogP contribution is -2.29. The van der Waals surface area contributed by atoms with E-state index >= 15 is 0 Å². The second kappa shape index (κ2) is 8.15. The fourth-order valence-corrected chi connectivity index (χ4v) is 4.76. The van der Waals surface area contributed by atoms with E-state index in [1.54, 1.807) is 0 Å². The van der Waals surface area contributed by atoms with Gasteiger partial charge in [0.25, 0.3) is 0 Å². The molecule has 9 heteroatoms. The third-order valence-electron chi connectivity index (χ3n) is 3.94. The molecule has 138 valence electrons. The summed E-state index contributed by atoms with van der Waals surface area (Å²) in [4.78, 5) is 16.1. The number of sulfonamides is 1. The van der Waals surface area contributed by atoms with Crippen LogP contribution in [0.25, 0.3) is 0 Å². The molecule has 2 heterocycles. The monoisotopic (exact) mass is 439 g/mol. The predicted molar refractivity (Wildman–Crippen MR) is 100 cm³/mol. The van der Waals surface area contributed by atoms with E-state index in [4.69, 9.17) is 4.74 Å². The van der Waals surface area contributed by atoms with E-state index in [-0.39, 0.29) is 17.3 Å². The van der Waals surface area contributed by atoms with Gasteiger partial charge in [-0.2, -0.15) is 4.31 Å². The van der Waals surface area contributed by atoms with Crippen molar-refractivity contribution in [1.82, 2.24) is 9.29 Å². The highest BCUT2D eigenvalue weighted by molar-refractivity contribution is 9.10. The number of anilines is 1. The minimum absolute atomic E-state index is 0.0434. The molecule has 0 radical (unpaired) electrons. The number of amides is 1. The summed E-state index contributed by atoms with van der Waals surface area (Å²) in [6, 6.07) is 10.6. The maximum Gasteiger partial charge on any atom is 0.413 e. The highest BCUT2D eigenvalue weighted by Gasteiger charge is 2.30. The van der Waals surface area contributed by atoms with Crippen LogP contribution in [0.5, 0.6) is 0 Å². The quantitative estimate of drug-likeness (QED) is 0.770. The normalized spacial score (nSPS) is 15.0. The molecule has 1 aliphatic heterocycles. The van der Waals surface area contributed by atoms with Gasteiger partial charge in [-0.25, -0.2) is 18.2 Å². The number of nitrogens with zero attached hydrogens (tertiary/aromatic N) is 2. The number of pyridine rings is 1. The molecule has 1 fully saturated rings. The zero-order chi connectivity index (χ0) is 18.6. The average molecular weight is 440 g/mol. The van der Waals surface area contributed by atoms with Crippen molar-refractivity contribution in [3.8, 4) is 0 Å². The van der Waals surface area contributed by atoms with Gasteiger partial charge in [0.05, 0.1) is 0 Å². The molecule has 2 aromatic rings. The summed E-state index contributed by atoms with van der Waals surface area (Å²) in [6.45, 7) is 1.01. The number of aromatic nitrogens is 1. The molecular weight excluding hydrogens is 422 g/mol. The highest BCUT2D eigenvalue weighted by Crippen LogP contribution is 2.28. The van der Waals surface area contributed by atoms with Crippen LogP contribution < -0.4 is 5.32 Å². The van der Waals surface area contributed by atoms with Gasteiger partial charge in [-0.15, -0.1) is 0 Å². The van der Waals surface area contributed by atoms with E-state index in [9.17, 15) is 13.2 Å². The van der Waals surface area contributed by atoms with Crippen LogP contribution in [-0.2, 0) is 21.4 Å². The van der Waals surface area contributed by atoms with Gasteiger partial charge >= 0.3 is 6.09 Å². The lowest BCUT2D eigenvalue weighted by atomic mass is 10.2. The Morgan fingerprint density at radius 3 is 2.62 bits per heavy atom. The molecule has 0 unspecified atom stereocenters. The van der Waals surface area contributed by atoms with Crippen molar-refractivity contribution in [2.45, 2.75) is 24.3 Å². The summed E-state index contributed by atoms with van der Waals surface area (Å²) < 4.78 is 32.7. The molecule has 1 amide bonds. The molecule has 0 spiro atoms. The summed E-state index contributed by atoms with van der Waals surface area (Å²) in [5.74, 6) is -0.0434. The van der Waals surface area contributed by atoms with E-state index in [1.165, 1.54) is 16.6 Å². The molecule has 0 bridgehead atoms. The van der Waals surface area contributed by atoms with Gasteiger partial charge in [0.1, 0.15) is 11.5 Å². The highest BCUT2D eigenvalue weighted by atomic mass is 79.9. The largest absolute Gasteiger partial charge is 0.444 e. The molecule has 1 N–H and O–H groups in total. The minimum Gasteiger partial charge on any atom is -0.444 e. The number of hydrogen-bond donors (Lipinski definition) is 1. The Kier molecular flexibility index (Phi) is 5.90. The van der Waals surface area contributed by atoms with Gasteiger partial charge in [0, 0.05) is 23.8 Å². The molecule has 3 rings (SSSR count). The van der Waals surface area contributed by atoms with E-state index in [2.05, 4.69) is 26.2 Å². The molecule has 1 aromatic heterocycles. The van der Waals surface area contributed by atoms with Gasteiger partial charge in [0.2, 0.25) is 10.0 Å². The number of benzene rings is 1. The summed E-state index contributed by atoms with van der Waals surface area (Å²) in [6.07, 6.45) is 2.31. The lowest BCUT2D eigenvalue weighted by Gasteiger charge is -2.18. The Labute approximate surface area is 160 Å². The third-order valence-corrected chi connectivity index (χ3v) is 6.28. The fourth-order valence-electron chi connectivity index (χ4n) is 2.63. The molecule has 26 heavy (non-hydrogen) atoms. The molecular formula is C17H18BrN3O4S. The topological polar surface area (TPSA) is 88.6 Å². The summed E-state index contributed by atoms with van der Waals surface area (Å²) in [5, 5.41) is 2.44. The van der Waals surface area contributed by atoms with Gasteiger partial charge in [-0.1, -0.05) is 30.3 Å². The van der Waals surface area contributed by atoms with Gasteiger partial charge in [-0.3, -0.25) is 5.32 Å². The first-order valence-electron chi connectivity index (χ1n) is 8.10. The minimum atomic E-state index is -3.73. The first kappa shape index (κ1) is 18.8. The maximum absolute atomic E-state index is 12.8. The first-order chi connectivity index (χ1) is 12.5. The van der Waals surface area contributed by atoms with Crippen molar-refractivity contribution < 1.29 is 17.9 Å². The SMILES string of the molecule is O=C(Nc1ncc(Br)cc1S(=O)(=O)N1CCCC1)OCc1ccccc1.